The molecule has 1 fully saturated rings. The van der Waals surface area contributed by atoms with Gasteiger partial charge in [-0.05, 0) is 30.9 Å². The molecule has 2 heterocycles. The predicted octanol–water partition coefficient (Wildman–Crippen LogP) is 1.86. The number of amides is 1. The Balaban J connectivity index is 1.67. The summed E-state index contributed by atoms with van der Waals surface area (Å²) in [4.78, 5) is 38.9. The number of anilines is 1. The third-order valence-corrected chi connectivity index (χ3v) is 5.46. The number of nitrogens with zero attached hydrogens (tertiary/aromatic N) is 1. The Morgan fingerprint density at radius 3 is 2.58 bits per heavy atom. The van der Waals surface area contributed by atoms with E-state index < -0.39 is 18.0 Å². The fourth-order valence-electron chi connectivity index (χ4n) is 3.88. The van der Waals surface area contributed by atoms with Crippen LogP contribution in [0.1, 0.15) is 48.2 Å². The monoisotopic (exact) mass is 430 g/mol. The summed E-state index contributed by atoms with van der Waals surface area (Å²) in [6, 6.07) is 2.70. The molecule has 6 N–H and O–H groups in total. The SMILES string of the molecule is Nc1c(C(=O)O)cncc1-c1ccc(CNC(=O)[C@@H](NCC(=O)O)C2CCCCC2)o1. The molecular weight excluding hydrogens is 404 g/mol. The summed E-state index contributed by atoms with van der Waals surface area (Å²) in [5.41, 5.74) is 6.19. The molecule has 0 aromatic carbocycles. The third kappa shape index (κ3) is 5.60. The van der Waals surface area contributed by atoms with Gasteiger partial charge in [-0.1, -0.05) is 19.3 Å². The minimum atomic E-state index is -1.19. The number of carboxylic acids is 2. The van der Waals surface area contributed by atoms with Gasteiger partial charge >= 0.3 is 11.9 Å². The van der Waals surface area contributed by atoms with Gasteiger partial charge in [0.25, 0.3) is 0 Å². The Bertz CT molecular complexity index is 951. The molecule has 0 radical (unpaired) electrons. The maximum absolute atomic E-state index is 12.8. The number of hydrogen-bond donors (Lipinski definition) is 5. The first-order chi connectivity index (χ1) is 14.9. The molecule has 1 aliphatic rings. The first-order valence-electron chi connectivity index (χ1n) is 10.2. The third-order valence-electron chi connectivity index (χ3n) is 5.46. The van der Waals surface area contributed by atoms with Crippen LogP contribution in [0.3, 0.4) is 0 Å². The van der Waals surface area contributed by atoms with Crippen molar-refractivity contribution in [2.45, 2.75) is 44.7 Å². The molecule has 1 amide bonds. The van der Waals surface area contributed by atoms with Crippen molar-refractivity contribution in [2.75, 3.05) is 12.3 Å². The van der Waals surface area contributed by atoms with Crippen molar-refractivity contribution < 1.29 is 29.0 Å². The Hall–Kier alpha value is -3.40. The summed E-state index contributed by atoms with van der Waals surface area (Å²) in [6.07, 6.45) is 7.51. The summed E-state index contributed by atoms with van der Waals surface area (Å²) in [7, 11) is 0. The highest BCUT2D eigenvalue weighted by Gasteiger charge is 2.29. The summed E-state index contributed by atoms with van der Waals surface area (Å²) < 4.78 is 5.72. The van der Waals surface area contributed by atoms with Crippen LogP contribution < -0.4 is 16.4 Å². The van der Waals surface area contributed by atoms with Crippen molar-refractivity contribution in [2.24, 2.45) is 5.92 Å². The lowest BCUT2D eigenvalue weighted by atomic mass is 9.83. The zero-order chi connectivity index (χ0) is 22.4. The lowest BCUT2D eigenvalue weighted by Gasteiger charge is -2.29. The van der Waals surface area contributed by atoms with Crippen molar-refractivity contribution >= 4 is 23.5 Å². The Labute approximate surface area is 178 Å². The summed E-state index contributed by atoms with van der Waals surface area (Å²) in [5, 5.41) is 23.8. The van der Waals surface area contributed by atoms with Crippen LogP contribution in [0.5, 0.6) is 0 Å². The zero-order valence-corrected chi connectivity index (χ0v) is 17.0. The Morgan fingerprint density at radius 2 is 1.90 bits per heavy atom. The van der Waals surface area contributed by atoms with Gasteiger partial charge in [-0.2, -0.15) is 0 Å². The molecule has 31 heavy (non-hydrogen) atoms. The van der Waals surface area contributed by atoms with Gasteiger partial charge in [-0.25, -0.2) is 4.79 Å². The van der Waals surface area contributed by atoms with Crippen molar-refractivity contribution in [1.29, 1.82) is 0 Å². The van der Waals surface area contributed by atoms with Crippen LogP contribution in [0.15, 0.2) is 28.9 Å². The second-order valence-electron chi connectivity index (χ2n) is 7.59. The van der Waals surface area contributed by atoms with E-state index in [4.69, 9.17) is 15.3 Å². The molecule has 1 atom stereocenters. The van der Waals surface area contributed by atoms with Crippen LogP contribution in [-0.4, -0.2) is 45.6 Å². The molecule has 3 rings (SSSR count). The molecule has 0 spiro atoms. The fourth-order valence-corrected chi connectivity index (χ4v) is 3.88. The number of aromatic carboxylic acids is 1. The van der Waals surface area contributed by atoms with Gasteiger partial charge in [0.15, 0.2) is 0 Å². The Kier molecular flexibility index (Phi) is 7.24. The van der Waals surface area contributed by atoms with E-state index in [1.807, 2.05) is 0 Å². The molecule has 0 unspecified atom stereocenters. The van der Waals surface area contributed by atoms with Gasteiger partial charge in [-0.15, -0.1) is 0 Å². The highest BCUT2D eigenvalue weighted by Crippen LogP contribution is 2.30. The number of nitrogen functional groups attached to an aromatic ring is 1. The zero-order valence-electron chi connectivity index (χ0n) is 17.0. The molecular formula is C21H26N4O6. The topological polar surface area (TPSA) is 168 Å². The van der Waals surface area contributed by atoms with E-state index in [2.05, 4.69) is 15.6 Å². The van der Waals surface area contributed by atoms with Crippen LogP contribution in [0.2, 0.25) is 0 Å². The van der Waals surface area contributed by atoms with Crippen molar-refractivity contribution in [3.63, 3.8) is 0 Å². The number of nitrogens with two attached hydrogens (primary N) is 1. The van der Waals surface area contributed by atoms with E-state index in [-0.39, 0.29) is 36.2 Å². The first-order valence-corrected chi connectivity index (χ1v) is 10.2. The van der Waals surface area contributed by atoms with Crippen molar-refractivity contribution in [3.05, 3.63) is 35.9 Å². The maximum atomic E-state index is 12.8. The van der Waals surface area contributed by atoms with E-state index in [1.54, 1.807) is 12.1 Å². The van der Waals surface area contributed by atoms with Gasteiger partial charge in [0.1, 0.15) is 17.1 Å². The normalized spacial score (nSPS) is 15.4. The molecule has 166 valence electrons. The van der Waals surface area contributed by atoms with Crippen LogP contribution in [0.25, 0.3) is 11.3 Å². The van der Waals surface area contributed by atoms with Crippen LogP contribution in [0, 0.1) is 5.92 Å². The number of aromatic nitrogens is 1. The minimum absolute atomic E-state index is 0.0441. The average molecular weight is 430 g/mol. The summed E-state index contributed by atoms with van der Waals surface area (Å²) in [5.74, 6) is -1.60. The highest BCUT2D eigenvalue weighted by atomic mass is 16.4. The van der Waals surface area contributed by atoms with E-state index >= 15 is 0 Å². The largest absolute Gasteiger partial charge is 0.480 e. The Morgan fingerprint density at radius 1 is 1.16 bits per heavy atom. The van der Waals surface area contributed by atoms with Gasteiger partial charge in [0.2, 0.25) is 5.91 Å². The summed E-state index contributed by atoms with van der Waals surface area (Å²) >= 11 is 0. The number of carbonyl (C=O) groups is 3. The van der Waals surface area contributed by atoms with Gasteiger partial charge < -0.3 is 25.7 Å². The number of pyridine rings is 1. The average Bonchev–Trinajstić information content (AvgIpc) is 3.21. The second kappa shape index (κ2) is 10.1. The van der Waals surface area contributed by atoms with E-state index in [0.717, 1.165) is 32.1 Å². The predicted molar refractivity (Wildman–Crippen MR) is 111 cm³/mol. The smallest absolute Gasteiger partial charge is 0.339 e. The molecule has 0 aliphatic heterocycles. The molecule has 0 saturated heterocycles. The number of aliphatic carboxylic acids is 1. The number of nitrogens with one attached hydrogen (secondary N) is 2. The lowest BCUT2D eigenvalue weighted by Crippen LogP contribution is -2.50. The molecule has 10 nitrogen and oxygen atoms in total. The molecule has 10 heteroatoms. The summed E-state index contributed by atoms with van der Waals surface area (Å²) in [6.45, 7) is -0.186. The first kappa shape index (κ1) is 22.3. The highest BCUT2D eigenvalue weighted by molar-refractivity contribution is 5.97. The molecule has 2 aromatic heterocycles. The maximum Gasteiger partial charge on any atom is 0.339 e. The van der Waals surface area contributed by atoms with Gasteiger partial charge in [0.05, 0.1) is 30.4 Å². The second-order valence-corrected chi connectivity index (χ2v) is 7.59. The number of hydrogen-bond acceptors (Lipinski definition) is 7. The molecule has 2 aromatic rings. The fraction of sp³-hybridized carbons (Fsp3) is 0.429. The quantitative estimate of drug-likeness (QED) is 0.399. The lowest BCUT2D eigenvalue weighted by molar-refractivity contribution is -0.136. The molecule has 1 aliphatic carbocycles. The number of carboxylic acid groups (broad SMARTS) is 2. The number of furan rings is 1. The minimum Gasteiger partial charge on any atom is -0.480 e. The van der Waals surface area contributed by atoms with Crippen molar-refractivity contribution in [1.82, 2.24) is 15.6 Å². The van der Waals surface area contributed by atoms with E-state index in [1.165, 1.54) is 12.4 Å². The molecule has 1 saturated carbocycles. The van der Waals surface area contributed by atoms with Crippen LogP contribution in [0.4, 0.5) is 5.69 Å². The standard InChI is InChI=1S/C21H26N4O6/c22-18-14(9-23-10-15(18)21(29)30)16-7-6-13(31-16)8-25-20(28)19(24-11-17(26)27)12-4-2-1-3-5-12/h6-7,9-10,12,19,24H,1-5,8,11H2,(H2,22,23)(H,25,28)(H,26,27)(H,29,30)/t19-/m0/s1. The van der Waals surface area contributed by atoms with E-state index in [0.29, 0.717) is 17.1 Å². The number of carbonyl (C=O) groups excluding carboxylic acids is 1. The van der Waals surface area contributed by atoms with Crippen LogP contribution >= 0.6 is 0 Å². The molecule has 0 bridgehead atoms. The van der Waals surface area contributed by atoms with Gasteiger partial charge in [-0.3, -0.25) is 19.9 Å². The van der Waals surface area contributed by atoms with Crippen molar-refractivity contribution in [3.8, 4) is 11.3 Å². The number of rotatable bonds is 9. The van der Waals surface area contributed by atoms with Gasteiger partial charge in [0, 0.05) is 12.4 Å². The van der Waals surface area contributed by atoms with E-state index in [9.17, 15) is 19.5 Å². The van der Waals surface area contributed by atoms with Crippen LogP contribution in [-0.2, 0) is 16.1 Å².